The quantitative estimate of drug-likeness (QED) is 0.747. The molecule has 0 aromatic carbocycles. The van der Waals surface area contributed by atoms with Gasteiger partial charge in [0, 0.05) is 13.1 Å². The molecule has 1 spiro atoms. The Morgan fingerprint density at radius 1 is 1.30 bits per heavy atom. The smallest absolute Gasteiger partial charge is 0.410 e. The van der Waals surface area contributed by atoms with Crippen molar-refractivity contribution < 1.29 is 18.3 Å². The number of nitrogens with one attached hydrogen (secondary N) is 1. The summed E-state index contributed by atoms with van der Waals surface area (Å²) in [6, 6.07) is 0. The van der Waals surface area contributed by atoms with Crippen LogP contribution >= 0.6 is 12.4 Å². The lowest BCUT2D eigenvalue weighted by Crippen LogP contribution is -2.58. The first-order valence-corrected chi connectivity index (χ1v) is 6.72. The normalized spacial score (nSPS) is 29.1. The average Bonchev–Trinajstić information content (AvgIpc) is 2.70. The predicted molar refractivity (Wildman–Crippen MR) is 74.5 cm³/mol. The molecule has 1 amide bonds. The number of piperidine rings is 1. The summed E-state index contributed by atoms with van der Waals surface area (Å²) in [5, 5.41) is 3.01. The van der Waals surface area contributed by atoms with Crippen LogP contribution in [0.2, 0.25) is 0 Å². The van der Waals surface area contributed by atoms with Gasteiger partial charge in [-0.05, 0) is 40.2 Å². The van der Waals surface area contributed by atoms with Crippen LogP contribution in [0.1, 0.15) is 33.6 Å². The van der Waals surface area contributed by atoms with Crippen LogP contribution in [0.5, 0.6) is 0 Å². The monoisotopic (exact) mass is 312 g/mol. The van der Waals surface area contributed by atoms with Crippen LogP contribution < -0.4 is 5.32 Å². The lowest BCUT2D eigenvalue weighted by atomic mass is 9.74. The number of nitrogens with zero attached hydrogens (tertiary/aromatic N) is 1. The van der Waals surface area contributed by atoms with E-state index in [9.17, 15) is 13.6 Å². The van der Waals surface area contributed by atoms with Crippen molar-refractivity contribution in [1.29, 1.82) is 0 Å². The maximum atomic E-state index is 14.3. The van der Waals surface area contributed by atoms with E-state index in [0.29, 0.717) is 32.5 Å². The van der Waals surface area contributed by atoms with Gasteiger partial charge in [0.25, 0.3) is 5.92 Å². The van der Waals surface area contributed by atoms with Crippen LogP contribution in [0.25, 0.3) is 0 Å². The second-order valence-electron chi connectivity index (χ2n) is 6.56. The number of hydrogen-bond acceptors (Lipinski definition) is 3. The molecule has 118 valence electrons. The Morgan fingerprint density at radius 2 is 1.95 bits per heavy atom. The summed E-state index contributed by atoms with van der Waals surface area (Å²) in [6.45, 7) is 5.96. The standard InChI is InChI=1S/C13H22F2N2O2.ClH/c1-11(2,3)19-10(18)17-7-5-12(4-6-16-8-12)13(14,15)9-17;/h16H,4-9H2,1-3H3;1H/t12-;/m1./s1. The van der Waals surface area contributed by atoms with Gasteiger partial charge in [-0.25, -0.2) is 13.6 Å². The second kappa shape index (κ2) is 5.64. The van der Waals surface area contributed by atoms with E-state index in [1.807, 2.05) is 0 Å². The molecule has 2 aliphatic rings. The lowest BCUT2D eigenvalue weighted by Gasteiger charge is -2.45. The molecule has 0 aliphatic carbocycles. The van der Waals surface area contributed by atoms with Crippen molar-refractivity contribution in [2.24, 2.45) is 5.41 Å². The lowest BCUT2D eigenvalue weighted by molar-refractivity contribution is -0.157. The summed E-state index contributed by atoms with van der Waals surface area (Å²) in [7, 11) is 0. The first-order chi connectivity index (χ1) is 8.65. The summed E-state index contributed by atoms with van der Waals surface area (Å²) < 4.78 is 33.8. The minimum absolute atomic E-state index is 0. The van der Waals surface area contributed by atoms with Crippen molar-refractivity contribution >= 4 is 18.5 Å². The van der Waals surface area contributed by atoms with Crippen molar-refractivity contribution in [2.45, 2.75) is 45.1 Å². The topological polar surface area (TPSA) is 41.6 Å². The van der Waals surface area contributed by atoms with Gasteiger partial charge in [0.05, 0.1) is 12.0 Å². The molecule has 0 aromatic heterocycles. The van der Waals surface area contributed by atoms with Crippen molar-refractivity contribution in [3.05, 3.63) is 0 Å². The van der Waals surface area contributed by atoms with Crippen LogP contribution in [0.15, 0.2) is 0 Å². The fraction of sp³-hybridized carbons (Fsp3) is 0.923. The number of likely N-dealkylation sites (tertiary alicyclic amines) is 1. The van der Waals surface area contributed by atoms with Crippen LogP contribution in [-0.4, -0.2) is 48.7 Å². The number of halogens is 3. The molecule has 0 unspecified atom stereocenters. The van der Waals surface area contributed by atoms with Crippen LogP contribution in [0, 0.1) is 5.41 Å². The fourth-order valence-corrected chi connectivity index (χ4v) is 2.77. The molecular weight excluding hydrogens is 290 g/mol. The van der Waals surface area contributed by atoms with E-state index in [4.69, 9.17) is 4.74 Å². The molecule has 4 nitrogen and oxygen atoms in total. The van der Waals surface area contributed by atoms with Crippen molar-refractivity contribution in [3.8, 4) is 0 Å². The van der Waals surface area contributed by atoms with E-state index in [1.54, 1.807) is 20.8 Å². The number of carbonyl (C=O) groups is 1. The number of amides is 1. The van der Waals surface area contributed by atoms with Gasteiger partial charge in [-0.15, -0.1) is 12.4 Å². The molecular formula is C13H23ClF2N2O2. The number of hydrogen-bond donors (Lipinski definition) is 1. The highest BCUT2D eigenvalue weighted by Crippen LogP contribution is 2.47. The average molecular weight is 313 g/mol. The van der Waals surface area contributed by atoms with Crippen LogP contribution in [0.4, 0.5) is 13.6 Å². The minimum Gasteiger partial charge on any atom is -0.444 e. The molecule has 2 saturated heterocycles. The summed E-state index contributed by atoms with van der Waals surface area (Å²) >= 11 is 0. The van der Waals surface area contributed by atoms with Gasteiger partial charge >= 0.3 is 6.09 Å². The van der Waals surface area contributed by atoms with E-state index in [-0.39, 0.29) is 12.4 Å². The van der Waals surface area contributed by atoms with E-state index in [2.05, 4.69) is 5.32 Å². The van der Waals surface area contributed by atoms with E-state index in [1.165, 1.54) is 0 Å². The highest BCUT2D eigenvalue weighted by molar-refractivity contribution is 5.85. The molecule has 1 N–H and O–H groups in total. The maximum Gasteiger partial charge on any atom is 0.410 e. The molecule has 2 fully saturated rings. The zero-order chi connectivity index (χ0) is 14.3. The number of alkyl halides is 2. The Labute approximate surface area is 124 Å². The molecule has 7 heteroatoms. The molecule has 2 heterocycles. The fourth-order valence-electron chi connectivity index (χ4n) is 2.77. The number of rotatable bonds is 0. The Balaban J connectivity index is 0.00000200. The van der Waals surface area contributed by atoms with E-state index < -0.39 is 29.6 Å². The van der Waals surface area contributed by atoms with Gasteiger partial charge in [0.2, 0.25) is 0 Å². The SMILES string of the molecule is CC(C)(C)OC(=O)N1CC[C@@]2(CCNC2)C(F)(F)C1.Cl. The maximum absolute atomic E-state index is 14.3. The third-order valence-electron chi connectivity index (χ3n) is 3.92. The van der Waals surface area contributed by atoms with Gasteiger partial charge in [-0.1, -0.05) is 0 Å². The highest BCUT2D eigenvalue weighted by Gasteiger charge is 2.58. The third kappa shape index (κ3) is 3.34. The van der Waals surface area contributed by atoms with Crippen molar-refractivity contribution in [1.82, 2.24) is 10.2 Å². The van der Waals surface area contributed by atoms with Crippen molar-refractivity contribution in [3.63, 3.8) is 0 Å². The third-order valence-corrected chi connectivity index (χ3v) is 3.92. The molecule has 0 aromatic rings. The van der Waals surface area contributed by atoms with Gasteiger partial charge < -0.3 is 15.0 Å². The van der Waals surface area contributed by atoms with Crippen molar-refractivity contribution in [2.75, 3.05) is 26.2 Å². The van der Waals surface area contributed by atoms with Crippen LogP contribution in [0.3, 0.4) is 0 Å². The summed E-state index contributed by atoms with van der Waals surface area (Å²) in [5.74, 6) is -2.86. The molecule has 20 heavy (non-hydrogen) atoms. The van der Waals surface area contributed by atoms with Gasteiger partial charge in [0.15, 0.2) is 0 Å². The Bertz CT molecular complexity index is 366. The zero-order valence-corrected chi connectivity index (χ0v) is 13.0. The van der Waals surface area contributed by atoms with Crippen LogP contribution in [-0.2, 0) is 4.74 Å². The molecule has 2 aliphatic heterocycles. The zero-order valence-electron chi connectivity index (χ0n) is 12.2. The van der Waals surface area contributed by atoms with E-state index in [0.717, 1.165) is 4.90 Å². The molecule has 0 bridgehead atoms. The molecule has 0 saturated carbocycles. The summed E-state index contributed by atoms with van der Waals surface area (Å²) in [5.41, 5.74) is -1.64. The van der Waals surface area contributed by atoms with Gasteiger partial charge in [-0.3, -0.25) is 0 Å². The first kappa shape index (κ1) is 17.4. The molecule has 0 radical (unpaired) electrons. The summed E-state index contributed by atoms with van der Waals surface area (Å²) in [6.07, 6.45) is 0.155. The van der Waals surface area contributed by atoms with E-state index >= 15 is 0 Å². The summed E-state index contributed by atoms with van der Waals surface area (Å²) in [4.78, 5) is 13.0. The molecule has 2 rings (SSSR count). The Hall–Kier alpha value is -0.620. The Kier molecular flexibility index (Phi) is 4.91. The second-order valence-corrected chi connectivity index (χ2v) is 6.56. The highest BCUT2D eigenvalue weighted by atomic mass is 35.5. The van der Waals surface area contributed by atoms with Gasteiger partial charge in [0.1, 0.15) is 5.60 Å². The number of ether oxygens (including phenoxy) is 1. The number of carbonyl (C=O) groups excluding carboxylic acids is 1. The predicted octanol–water partition coefficient (Wildman–Crippen LogP) is 2.66. The molecule has 1 atom stereocenters. The largest absolute Gasteiger partial charge is 0.444 e. The Morgan fingerprint density at radius 3 is 2.40 bits per heavy atom. The minimum atomic E-state index is -2.86. The van der Waals surface area contributed by atoms with Gasteiger partial charge in [-0.2, -0.15) is 0 Å². The first-order valence-electron chi connectivity index (χ1n) is 6.72.